The number of amides is 1. The molecule has 1 amide bonds. The highest BCUT2D eigenvalue weighted by molar-refractivity contribution is 5.68. The Bertz CT molecular complexity index is 324. The van der Waals surface area contributed by atoms with Crippen LogP contribution in [0.25, 0.3) is 0 Å². The molecule has 1 rings (SSSR count). The van der Waals surface area contributed by atoms with E-state index >= 15 is 0 Å². The number of rotatable bonds is 9. The number of hydrogen-bond acceptors (Lipinski definition) is 4. The predicted molar refractivity (Wildman–Crippen MR) is 89.1 cm³/mol. The van der Waals surface area contributed by atoms with Gasteiger partial charge < -0.3 is 19.7 Å². The average Bonchev–Trinajstić information content (AvgIpc) is 2.35. The van der Waals surface area contributed by atoms with E-state index in [-0.39, 0.29) is 6.09 Å². The van der Waals surface area contributed by atoms with Gasteiger partial charge in [-0.3, -0.25) is 0 Å². The largest absolute Gasteiger partial charge is 0.444 e. The van der Waals surface area contributed by atoms with E-state index in [0.717, 1.165) is 12.5 Å². The zero-order valence-corrected chi connectivity index (χ0v) is 15.0. The molecule has 0 spiro atoms. The van der Waals surface area contributed by atoms with E-state index in [9.17, 15) is 4.79 Å². The number of methoxy groups -OCH3 is 1. The highest BCUT2D eigenvalue weighted by Gasteiger charge is 2.22. The molecule has 1 atom stereocenters. The van der Waals surface area contributed by atoms with Gasteiger partial charge in [0.15, 0.2) is 0 Å². The summed E-state index contributed by atoms with van der Waals surface area (Å²) in [6, 6.07) is 0.508. The lowest BCUT2D eigenvalue weighted by atomic mass is 9.81. The number of ether oxygens (including phenoxy) is 2. The Morgan fingerprint density at radius 2 is 2.00 bits per heavy atom. The molecule has 1 aliphatic rings. The quantitative estimate of drug-likeness (QED) is 0.711. The average molecular weight is 314 g/mol. The van der Waals surface area contributed by atoms with E-state index in [1.807, 2.05) is 20.8 Å². The lowest BCUT2D eigenvalue weighted by molar-refractivity contribution is 0.0202. The summed E-state index contributed by atoms with van der Waals surface area (Å²) >= 11 is 0. The van der Waals surface area contributed by atoms with Crippen LogP contribution in [0.15, 0.2) is 0 Å². The number of carbonyl (C=O) groups excluding carboxylic acids is 1. The maximum Gasteiger partial charge on any atom is 0.410 e. The molecular weight excluding hydrogens is 280 g/mol. The summed E-state index contributed by atoms with van der Waals surface area (Å²) in [6.07, 6.45) is 5.12. The van der Waals surface area contributed by atoms with Crippen LogP contribution in [-0.2, 0) is 9.47 Å². The summed E-state index contributed by atoms with van der Waals surface area (Å²) in [4.78, 5) is 13.9. The molecule has 5 heteroatoms. The summed E-state index contributed by atoms with van der Waals surface area (Å²) in [5.41, 5.74) is -0.465. The van der Waals surface area contributed by atoms with E-state index in [1.54, 1.807) is 12.0 Å². The minimum absolute atomic E-state index is 0.266. The van der Waals surface area contributed by atoms with Gasteiger partial charge in [0.1, 0.15) is 5.60 Å². The molecule has 5 nitrogen and oxygen atoms in total. The maximum absolute atomic E-state index is 12.2. The van der Waals surface area contributed by atoms with Crippen molar-refractivity contribution >= 4 is 6.09 Å². The molecule has 1 N–H and O–H groups in total. The van der Waals surface area contributed by atoms with Crippen LogP contribution in [0.2, 0.25) is 0 Å². The molecule has 0 bridgehead atoms. The molecule has 130 valence electrons. The van der Waals surface area contributed by atoms with Gasteiger partial charge in [-0.15, -0.1) is 0 Å². The van der Waals surface area contributed by atoms with Crippen molar-refractivity contribution in [3.63, 3.8) is 0 Å². The van der Waals surface area contributed by atoms with Crippen molar-refractivity contribution in [3.8, 4) is 0 Å². The van der Waals surface area contributed by atoms with Crippen molar-refractivity contribution < 1.29 is 14.3 Å². The first-order valence-electron chi connectivity index (χ1n) is 8.52. The van der Waals surface area contributed by atoms with Gasteiger partial charge in [-0.05, 0) is 40.0 Å². The maximum atomic E-state index is 12.2. The predicted octanol–water partition coefficient (Wildman–Crippen LogP) is 3.04. The van der Waals surface area contributed by atoms with Gasteiger partial charge in [-0.2, -0.15) is 0 Å². The summed E-state index contributed by atoms with van der Waals surface area (Å²) in [6.45, 7) is 10.4. The van der Waals surface area contributed by atoms with Crippen LogP contribution < -0.4 is 5.32 Å². The third kappa shape index (κ3) is 7.99. The first kappa shape index (κ1) is 19.2. The van der Waals surface area contributed by atoms with Crippen LogP contribution >= 0.6 is 0 Å². The Morgan fingerprint density at radius 3 is 2.50 bits per heavy atom. The van der Waals surface area contributed by atoms with Crippen LogP contribution in [0, 0.1) is 5.92 Å². The van der Waals surface area contributed by atoms with Gasteiger partial charge >= 0.3 is 6.09 Å². The molecule has 0 heterocycles. The Labute approximate surface area is 135 Å². The molecule has 1 unspecified atom stereocenters. The Balaban J connectivity index is 2.31. The van der Waals surface area contributed by atoms with Gasteiger partial charge in [0, 0.05) is 32.8 Å². The highest BCUT2D eigenvalue weighted by Crippen LogP contribution is 2.30. The Hall–Kier alpha value is -0.810. The zero-order chi connectivity index (χ0) is 16.6. The summed E-state index contributed by atoms with van der Waals surface area (Å²) < 4.78 is 10.5. The molecule has 1 aliphatic carbocycles. The summed E-state index contributed by atoms with van der Waals surface area (Å²) in [5.74, 6) is 0.901. The Kier molecular flexibility index (Phi) is 8.18. The SMILES string of the molecule is COCCN(CCNC(C)CC1CCC1)C(=O)OC(C)(C)C. The topological polar surface area (TPSA) is 50.8 Å². The molecule has 1 fully saturated rings. The fourth-order valence-corrected chi connectivity index (χ4v) is 2.58. The van der Waals surface area contributed by atoms with Crippen molar-refractivity contribution in [2.75, 3.05) is 33.4 Å². The zero-order valence-electron chi connectivity index (χ0n) is 15.0. The van der Waals surface area contributed by atoms with Crippen LogP contribution in [-0.4, -0.2) is 56.0 Å². The third-order valence-electron chi connectivity index (χ3n) is 4.00. The van der Waals surface area contributed by atoms with Crippen LogP contribution in [0.4, 0.5) is 4.79 Å². The normalized spacial score (nSPS) is 17.0. The molecule has 22 heavy (non-hydrogen) atoms. The van der Waals surface area contributed by atoms with Crippen molar-refractivity contribution in [1.82, 2.24) is 10.2 Å². The number of carbonyl (C=O) groups is 1. The second-order valence-corrected chi connectivity index (χ2v) is 7.35. The van der Waals surface area contributed by atoms with Gasteiger partial charge in [0.2, 0.25) is 0 Å². The van der Waals surface area contributed by atoms with Gasteiger partial charge in [-0.25, -0.2) is 4.79 Å². The first-order valence-corrected chi connectivity index (χ1v) is 8.52. The molecule has 0 aromatic carbocycles. The number of hydrogen-bond donors (Lipinski definition) is 1. The van der Waals surface area contributed by atoms with Crippen molar-refractivity contribution in [1.29, 1.82) is 0 Å². The molecule has 0 aliphatic heterocycles. The van der Waals surface area contributed by atoms with E-state index < -0.39 is 5.60 Å². The molecule has 0 aromatic rings. The second-order valence-electron chi connectivity index (χ2n) is 7.35. The molecular formula is C17H34N2O3. The van der Waals surface area contributed by atoms with Crippen molar-refractivity contribution in [2.24, 2.45) is 5.92 Å². The van der Waals surface area contributed by atoms with Crippen molar-refractivity contribution in [2.45, 2.75) is 65.0 Å². The fourth-order valence-electron chi connectivity index (χ4n) is 2.58. The monoisotopic (exact) mass is 314 g/mol. The third-order valence-corrected chi connectivity index (χ3v) is 4.00. The van der Waals surface area contributed by atoms with E-state index in [4.69, 9.17) is 9.47 Å². The van der Waals surface area contributed by atoms with Gasteiger partial charge in [0.05, 0.1) is 6.61 Å². The van der Waals surface area contributed by atoms with Crippen LogP contribution in [0.1, 0.15) is 53.4 Å². The lowest BCUT2D eigenvalue weighted by Crippen LogP contribution is -2.43. The van der Waals surface area contributed by atoms with Crippen molar-refractivity contribution in [3.05, 3.63) is 0 Å². The molecule has 0 aromatic heterocycles. The molecule has 0 saturated heterocycles. The highest BCUT2D eigenvalue weighted by atomic mass is 16.6. The van der Waals surface area contributed by atoms with Gasteiger partial charge in [0.25, 0.3) is 0 Å². The molecule has 0 radical (unpaired) electrons. The first-order chi connectivity index (χ1) is 10.3. The van der Waals surface area contributed by atoms with E-state index in [0.29, 0.717) is 25.7 Å². The summed E-state index contributed by atoms with van der Waals surface area (Å²) in [7, 11) is 1.65. The smallest absolute Gasteiger partial charge is 0.410 e. The number of nitrogens with zero attached hydrogens (tertiary/aromatic N) is 1. The fraction of sp³-hybridized carbons (Fsp3) is 0.941. The summed E-state index contributed by atoms with van der Waals surface area (Å²) in [5, 5.41) is 3.52. The standard InChI is InChI=1S/C17H34N2O3/c1-14(13-15-7-6-8-15)18-9-10-19(11-12-21-5)16(20)22-17(2,3)4/h14-15,18H,6-13H2,1-5H3. The Morgan fingerprint density at radius 1 is 1.32 bits per heavy atom. The minimum atomic E-state index is -0.465. The molecule has 1 saturated carbocycles. The minimum Gasteiger partial charge on any atom is -0.444 e. The van der Waals surface area contributed by atoms with Crippen LogP contribution in [0.3, 0.4) is 0 Å². The lowest BCUT2D eigenvalue weighted by Gasteiger charge is -2.30. The van der Waals surface area contributed by atoms with E-state index in [1.165, 1.54) is 25.7 Å². The van der Waals surface area contributed by atoms with Gasteiger partial charge in [-0.1, -0.05) is 19.3 Å². The second kappa shape index (κ2) is 9.36. The number of nitrogens with one attached hydrogen (secondary N) is 1. The van der Waals surface area contributed by atoms with Crippen LogP contribution in [0.5, 0.6) is 0 Å². The van der Waals surface area contributed by atoms with E-state index in [2.05, 4.69) is 12.2 Å².